The van der Waals surface area contributed by atoms with Crippen molar-refractivity contribution >= 4 is 32.7 Å². The molecule has 2 aromatic carbocycles. The van der Waals surface area contributed by atoms with Crippen LogP contribution in [0.4, 0.5) is 0 Å². The summed E-state index contributed by atoms with van der Waals surface area (Å²) >= 11 is 1.17. The highest BCUT2D eigenvalue weighted by Crippen LogP contribution is 2.24. The van der Waals surface area contributed by atoms with Crippen molar-refractivity contribution in [3.8, 4) is 5.75 Å². The van der Waals surface area contributed by atoms with Crippen molar-refractivity contribution < 1.29 is 18.3 Å². The topological polar surface area (TPSA) is 95.8 Å². The second-order valence-electron chi connectivity index (χ2n) is 5.46. The largest absolute Gasteiger partial charge is 0.507 e. The number of rotatable bonds is 4. The molecule has 1 aliphatic heterocycles. The normalized spacial score (nSPS) is 17.1. The number of hydrogen-bond donors (Lipinski definition) is 2. The Kier molecular flexibility index (Phi) is 5.10. The Morgan fingerprint density at radius 1 is 1.16 bits per heavy atom. The molecular formula is C17H16N2O4S2. The van der Waals surface area contributed by atoms with Crippen LogP contribution in [-0.4, -0.2) is 35.7 Å². The van der Waals surface area contributed by atoms with Crippen molar-refractivity contribution in [3.63, 3.8) is 0 Å². The first-order valence-corrected chi connectivity index (χ1v) is 10.2. The van der Waals surface area contributed by atoms with E-state index in [1.165, 1.54) is 23.9 Å². The second kappa shape index (κ2) is 7.28. The van der Waals surface area contributed by atoms with E-state index in [1.807, 2.05) is 6.07 Å². The van der Waals surface area contributed by atoms with Gasteiger partial charge in [-0.25, -0.2) is 13.4 Å². The lowest BCUT2D eigenvalue weighted by Crippen LogP contribution is -2.27. The Balaban J connectivity index is 1.70. The molecule has 6 nitrogen and oxygen atoms in total. The molecule has 8 heteroatoms. The van der Waals surface area contributed by atoms with Crippen LogP contribution in [0.1, 0.15) is 15.9 Å². The molecule has 0 fully saturated rings. The Bertz CT molecular complexity index is 911. The summed E-state index contributed by atoms with van der Waals surface area (Å²) in [6.07, 6.45) is 0. The monoisotopic (exact) mass is 376 g/mol. The number of carbonyl (C=O) groups is 1. The van der Waals surface area contributed by atoms with E-state index in [9.17, 15) is 18.3 Å². The molecule has 2 N–H and O–H groups in total. The van der Waals surface area contributed by atoms with E-state index >= 15 is 0 Å². The molecule has 1 unspecified atom stereocenters. The molecule has 0 radical (unpaired) electrons. The smallest absolute Gasteiger partial charge is 0.260 e. The fourth-order valence-corrected chi connectivity index (χ4v) is 5.30. The third-order valence-corrected chi connectivity index (χ3v) is 6.63. The van der Waals surface area contributed by atoms with Gasteiger partial charge in [-0.2, -0.15) is 0 Å². The van der Waals surface area contributed by atoms with Gasteiger partial charge in [-0.15, -0.1) is 0 Å². The first kappa shape index (κ1) is 17.5. The number of benzene rings is 2. The number of phenolic OH excluding ortho intramolecular Hbond substituents is 1. The van der Waals surface area contributed by atoms with E-state index in [-0.39, 0.29) is 28.0 Å². The van der Waals surface area contributed by atoms with Crippen molar-refractivity contribution in [1.29, 1.82) is 0 Å². The first-order chi connectivity index (χ1) is 12.0. The van der Waals surface area contributed by atoms with E-state index < -0.39 is 21.1 Å². The van der Waals surface area contributed by atoms with E-state index in [2.05, 4.69) is 10.3 Å². The van der Waals surface area contributed by atoms with Crippen molar-refractivity contribution in [3.05, 3.63) is 65.7 Å². The molecule has 0 spiro atoms. The maximum atomic E-state index is 12.5. The average molecular weight is 376 g/mol. The number of amides is 1. The molecule has 2 aromatic rings. The minimum atomic E-state index is -3.46. The maximum absolute atomic E-state index is 12.5. The van der Waals surface area contributed by atoms with Gasteiger partial charge in [-0.1, -0.05) is 54.2 Å². The third kappa shape index (κ3) is 4.21. The zero-order valence-electron chi connectivity index (χ0n) is 13.1. The van der Waals surface area contributed by atoms with Crippen LogP contribution in [0.5, 0.6) is 5.75 Å². The van der Waals surface area contributed by atoms with Gasteiger partial charge in [0.2, 0.25) is 0 Å². The highest BCUT2D eigenvalue weighted by Gasteiger charge is 2.31. The van der Waals surface area contributed by atoms with Gasteiger partial charge in [0.05, 0.1) is 11.3 Å². The van der Waals surface area contributed by atoms with Crippen LogP contribution in [0.15, 0.2) is 59.6 Å². The molecule has 1 aliphatic rings. The minimum Gasteiger partial charge on any atom is -0.507 e. The van der Waals surface area contributed by atoms with Gasteiger partial charge in [0.25, 0.3) is 5.91 Å². The average Bonchev–Trinajstić information content (AvgIpc) is 3.05. The van der Waals surface area contributed by atoms with Crippen LogP contribution < -0.4 is 5.32 Å². The number of thioether (sulfide) groups is 1. The molecule has 0 aliphatic carbocycles. The van der Waals surface area contributed by atoms with Gasteiger partial charge >= 0.3 is 0 Å². The van der Waals surface area contributed by atoms with Crippen molar-refractivity contribution in [1.82, 2.24) is 5.32 Å². The van der Waals surface area contributed by atoms with Crippen LogP contribution in [0, 0.1) is 0 Å². The predicted molar refractivity (Wildman–Crippen MR) is 98.3 cm³/mol. The lowest BCUT2D eigenvalue weighted by atomic mass is 10.2. The number of carbonyl (C=O) groups excluding carboxylic acids is 1. The van der Waals surface area contributed by atoms with Gasteiger partial charge in [-0.05, 0) is 17.7 Å². The van der Waals surface area contributed by atoms with Crippen LogP contribution >= 0.6 is 11.8 Å². The summed E-state index contributed by atoms with van der Waals surface area (Å²) in [5, 5.41) is 11.6. The molecule has 0 aromatic heterocycles. The highest BCUT2D eigenvalue weighted by atomic mass is 32.2. The summed E-state index contributed by atoms with van der Waals surface area (Å²) in [7, 11) is -3.46. The summed E-state index contributed by atoms with van der Waals surface area (Å²) in [6.45, 7) is 0. The lowest BCUT2D eigenvalue weighted by molar-refractivity contribution is 0.0975. The number of para-hydroxylation sites is 1. The molecule has 1 atom stereocenters. The molecule has 130 valence electrons. The molecule has 1 heterocycles. The first-order valence-electron chi connectivity index (χ1n) is 7.51. The Morgan fingerprint density at radius 2 is 1.84 bits per heavy atom. The number of aliphatic imine (C=N–C) groups is 1. The molecule has 25 heavy (non-hydrogen) atoms. The Hall–Kier alpha value is -2.32. The van der Waals surface area contributed by atoms with E-state index in [0.29, 0.717) is 5.56 Å². The molecule has 0 bridgehead atoms. The third-order valence-electron chi connectivity index (χ3n) is 3.62. The molecule has 0 saturated carbocycles. The zero-order chi connectivity index (χ0) is 17.9. The number of nitrogens with zero attached hydrogens (tertiary/aromatic N) is 1. The SMILES string of the molecule is O=C(NC1=NC(S(=O)(=O)Cc2ccccc2)CS1)c1ccccc1O. The quantitative estimate of drug-likeness (QED) is 0.853. The number of phenols is 1. The van der Waals surface area contributed by atoms with Crippen molar-refractivity contribution in [2.24, 2.45) is 4.99 Å². The molecule has 0 saturated heterocycles. The van der Waals surface area contributed by atoms with E-state index in [4.69, 9.17) is 0 Å². The fourth-order valence-electron chi connectivity index (χ4n) is 2.34. The van der Waals surface area contributed by atoms with Gasteiger partial charge in [0.1, 0.15) is 5.75 Å². The summed E-state index contributed by atoms with van der Waals surface area (Å²) in [5.41, 5.74) is 0.816. The summed E-state index contributed by atoms with van der Waals surface area (Å²) in [5.74, 6) is -0.503. The summed E-state index contributed by atoms with van der Waals surface area (Å²) in [6, 6.07) is 15.0. The van der Waals surface area contributed by atoms with Gasteiger partial charge in [0.15, 0.2) is 20.4 Å². The number of sulfone groups is 1. The summed E-state index contributed by atoms with van der Waals surface area (Å²) in [4.78, 5) is 16.3. The van der Waals surface area contributed by atoms with Crippen LogP contribution in [0.2, 0.25) is 0 Å². The highest BCUT2D eigenvalue weighted by molar-refractivity contribution is 8.14. The predicted octanol–water partition coefficient (Wildman–Crippen LogP) is 2.17. The fraction of sp³-hybridized carbons (Fsp3) is 0.176. The van der Waals surface area contributed by atoms with Crippen molar-refractivity contribution in [2.45, 2.75) is 11.1 Å². The maximum Gasteiger partial charge on any atom is 0.260 e. The zero-order valence-corrected chi connectivity index (χ0v) is 14.8. The van der Waals surface area contributed by atoms with Crippen LogP contribution in [0.3, 0.4) is 0 Å². The van der Waals surface area contributed by atoms with Crippen LogP contribution in [-0.2, 0) is 15.6 Å². The van der Waals surface area contributed by atoms with Crippen molar-refractivity contribution in [2.75, 3.05) is 5.75 Å². The van der Waals surface area contributed by atoms with Gasteiger partial charge in [-0.3, -0.25) is 4.79 Å². The standard InChI is InChI=1S/C17H16N2O4S2/c20-14-9-5-4-8-13(14)16(21)19-17-18-15(10-24-17)25(22,23)11-12-6-2-1-3-7-12/h1-9,15,20H,10-11H2,(H,18,19,21). The molecular weight excluding hydrogens is 360 g/mol. The number of nitrogens with one attached hydrogen (secondary N) is 1. The minimum absolute atomic E-state index is 0.0940. The van der Waals surface area contributed by atoms with E-state index in [0.717, 1.165) is 0 Å². The van der Waals surface area contributed by atoms with Gasteiger partial charge in [0, 0.05) is 5.75 Å². The lowest BCUT2D eigenvalue weighted by Gasteiger charge is -2.08. The number of amidine groups is 1. The van der Waals surface area contributed by atoms with Crippen LogP contribution in [0.25, 0.3) is 0 Å². The Morgan fingerprint density at radius 3 is 2.56 bits per heavy atom. The number of aromatic hydroxyl groups is 1. The van der Waals surface area contributed by atoms with E-state index in [1.54, 1.807) is 36.4 Å². The second-order valence-corrected chi connectivity index (χ2v) is 8.63. The molecule has 3 rings (SSSR count). The number of hydrogen-bond acceptors (Lipinski definition) is 6. The molecule has 1 amide bonds. The van der Waals surface area contributed by atoms with Gasteiger partial charge < -0.3 is 10.4 Å². The summed E-state index contributed by atoms with van der Waals surface area (Å²) < 4.78 is 25.0. The Labute approximate surface area is 149 Å².